The van der Waals surface area contributed by atoms with E-state index >= 15 is 0 Å². The van der Waals surface area contributed by atoms with E-state index in [-0.39, 0.29) is 23.1 Å². The number of fused-ring (bicyclic) bond motifs is 2. The molecular weight excluding hydrogens is 366 g/mol. The number of aromatic nitrogens is 2. The van der Waals surface area contributed by atoms with Crippen molar-refractivity contribution in [1.82, 2.24) is 19.8 Å². The smallest absolute Gasteiger partial charge is 0.256 e. The number of nitrogens with one attached hydrogen (secondary N) is 1. The van der Waals surface area contributed by atoms with Crippen LogP contribution in [-0.2, 0) is 21.4 Å². The number of rotatable bonds is 4. The van der Waals surface area contributed by atoms with E-state index in [1.165, 1.54) is 0 Å². The molecule has 1 aromatic carbocycles. The maximum Gasteiger partial charge on any atom is 0.256 e. The fourth-order valence-electron chi connectivity index (χ4n) is 3.25. The second kappa shape index (κ2) is 6.66. The monoisotopic (exact) mass is 385 g/mol. The summed E-state index contributed by atoms with van der Waals surface area (Å²) < 4.78 is 29.4. The second-order valence-corrected chi connectivity index (χ2v) is 8.13. The summed E-state index contributed by atoms with van der Waals surface area (Å²) in [5.41, 5.74) is 2.19. The van der Waals surface area contributed by atoms with Crippen LogP contribution in [0.3, 0.4) is 0 Å². The molecule has 0 saturated heterocycles. The van der Waals surface area contributed by atoms with Gasteiger partial charge in [-0.2, -0.15) is 0 Å². The fourth-order valence-corrected chi connectivity index (χ4v) is 4.23. The third-order valence-electron chi connectivity index (χ3n) is 4.57. The van der Waals surface area contributed by atoms with Crippen LogP contribution in [0.4, 0.5) is 0 Å². The van der Waals surface area contributed by atoms with Gasteiger partial charge in [0.15, 0.2) is 5.84 Å². The first-order valence-corrected chi connectivity index (χ1v) is 10.2. The highest BCUT2D eigenvalue weighted by molar-refractivity contribution is 7.90. The summed E-state index contributed by atoms with van der Waals surface area (Å²) in [5, 5.41) is 2.85. The number of carbonyl (C=O) groups is 1. The number of hydrogen-bond donors (Lipinski definition) is 1. The zero-order valence-corrected chi connectivity index (χ0v) is 15.6. The van der Waals surface area contributed by atoms with Crippen LogP contribution in [0.15, 0.2) is 52.6 Å². The van der Waals surface area contributed by atoms with Gasteiger partial charge >= 0.3 is 0 Å². The van der Waals surface area contributed by atoms with Crippen molar-refractivity contribution in [3.8, 4) is 0 Å². The zero-order chi connectivity index (χ0) is 19.0. The van der Waals surface area contributed by atoms with E-state index in [4.69, 9.17) is 0 Å². The summed E-state index contributed by atoms with van der Waals surface area (Å²) in [6, 6.07) is 7.83. The van der Waals surface area contributed by atoms with Crippen LogP contribution in [0.1, 0.15) is 5.82 Å². The van der Waals surface area contributed by atoms with Crippen LogP contribution >= 0.6 is 0 Å². The molecule has 2 aliphatic rings. The van der Waals surface area contributed by atoms with Gasteiger partial charge in [-0.1, -0.05) is 12.1 Å². The first kappa shape index (κ1) is 17.5. The molecule has 1 N–H and O–H groups in total. The van der Waals surface area contributed by atoms with E-state index in [9.17, 15) is 13.2 Å². The Balaban J connectivity index is 1.48. The lowest BCUT2D eigenvalue weighted by atomic mass is 10.1. The molecule has 0 atom stereocenters. The summed E-state index contributed by atoms with van der Waals surface area (Å²) in [6.07, 6.45) is 5.04. The largest absolute Gasteiger partial charge is 0.350 e. The van der Waals surface area contributed by atoms with E-state index in [2.05, 4.69) is 14.7 Å². The van der Waals surface area contributed by atoms with Crippen molar-refractivity contribution in [3.63, 3.8) is 0 Å². The van der Waals surface area contributed by atoms with Crippen molar-refractivity contribution in [2.24, 2.45) is 4.40 Å². The molecule has 2 aliphatic heterocycles. The average molecular weight is 385 g/mol. The molecule has 1 aromatic heterocycles. The van der Waals surface area contributed by atoms with Crippen molar-refractivity contribution >= 4 is 32.8 Å². The molecule has 0 unspecified atom stereocenters. The standard InChI is InChI=1S/C18H19N5O3S/c1-13-20-15-6-2-3-7-16(15)23(13)10-8-19-18(24)14-5-4-9-22-11-12-27(25,26)21-17(14)22/h2-7,9H,8,10-12H2,1H3,(H,19,24). The molecule has 2 aromatic rings. The number of allylic oxidation sites excluding steroid dienone is 2. The van der Waals surface area contributed by atoms with Gasteiger partial charge in [0, 0.05) is 25.8 Å². The molecule has 0 radical (unpaired) electrons. The van der Waals surface area contributed by atoms with Crippen LogP contribution in [0.2, 0.25) is 0 Å². The normalized spacial score (nSPS) is 18.0. The maximum atomic E-state index is 12.6. The zero-order valence-electron chi connectivity index (χ0n) is 14.8. The number of para-hydroxylation sites is 2. The second-order valence-electron chi connectivity index (χ2n) is 6.37. The maximum absolute atomic E-state index is 12.6. The highest BCUT2D eigenvalue weighted by Gasteiger charge is 2.29. The summed E-state index contributed by atoms with van der Waals surface area (Å²) in [4.78, 5) is 18.8. The van der Waals surface area contributed by atoms with Crippen LogP contribution in [0.25, 0.3) is 11.0 Å². The molecule has 9 heteroatoms. The Morgan fingerprint density at radius 1 is 1.30 bits per heavy atom. The molecule has 0 saturated carbocycles. The van der Waals surface area contributed by atoms with Crippen molar-refractivity contribution < 1.29 is 13.2 Å². The minimum absolute atomic E-state index is 0.0529. The molecule has 0 aliphatic carbocycles. The van der Waals surface area contributed by atoms with E-state index in [0.717, 1.165) is 16.9 Å². The summed E-state index contributed by atoms with van der Waals surface area (Å²) in [5.74, 6) is 0.662. The molecule has 1 amide bonds. The summed E-state index contributed by atoms with van der Waals surface area (Å²) >= 11 is 0. The number of aryl methyl sites for hydroxylation is 1. The highest BCUT2D eigenvalue weighted by Crippen LogP contribution is 2.18. The fraction of sp³-hybridized carbons (Fsp3) is 0.278. The van der Waals surface area contributed by atoms with Crippen LogP contribution in [-0.4, -0.2) is 53.5 Å². The van der Waals surface area contributed by atoms with Gasteiger partial charge in [0.25, 0.3) is 15.9 Å². The molecule has 8 nitrogen and oxygen atoms in total. The molecular formula is C18H19N5O3S. The lowest BCUT2D eigenvalue weighted by Gasteiger charge is -2.28. The van der Waals surface area contributed by atoms with Crippen molar-refractivity contribution in [3.05, 3.63) is 54.0 Å². The number of amides is 1. The minimum atomic E-state index is -3.53. The molecule has 0 spiro atoms. The highest BCUT2D eigenvalue weighted by atomic mass is 32.2. The topological polar surface area (TPSA) is 96.7 Å². The Morgan fingerprint density at radius 3 is 2.96 bits per heavy atom. The Bertz CT molecular complexity index is 1110. The Labute approximate surface area is 157 Å². The number of nitrogens with zero attached hydrogens (tertiary/aromatic N) is 4. The number of hydrogen-bond acceptors (Lipinski definition) is 5. The molecule has 0 fully saturated rings. The third kappa shape index (κ3) is 3.37. The Hall–Kier alpha value is -2.94. The average Bonchev–Trinajstić information content (AvgIpc) is 2.96. The Kier molecular flexibility index (Phi) is 4.31. The predicted octanol–water partition coefficient (Wildman–Crippen LogP) is 0.959. The molecule has 0 bridgehead atoms. The van der Waals surface area contributed by atoms with Gasteiger partial charge in [0.05, 0.1) is 22.4 Å². The van der Waals surface area contributed by atoms with Gasteiger partial charge in [-0.05, 0) is 31.2 Å². The molecule has 27 heavy (non-hydrogen) atoms. The van der Waals surface area contributed by atoms with Crippen molar-refractivity contribution in [2.75, 3.05) is 18.8 Å². The van der Waals surface area contributed by atoms with Gasteiger partial charge in [-0.15, -0.1) is 4.40 Å². The van der Waals surface area contributed by atoms with Crippen molar-refractivity contribution in [2.45, 2.75) is 13.5 Å². The van der Waals surface area contributed by atoms with Gasteiger partial charge in [-0.25, -0.2) is 13.4 Å². The van der Waals surface area contributed by atoms with Gasteiger partial charge in [0.1, 0.15) is 5.82 Å². The number of carbonyl (C=O) groups excluding carboxylic acids is 1. The van der Waals surface area contributed by atoms with E-state index < -0.39 is 10.0 Å². The molecule has 140 valence electrons. The van der Waals surface area contributed by atoms with Gasteiger partial charge in [0.2, 0.25) is 0 Å². The van der Waals surface area contributed by atoms with Crippen LogP contribution in [0.5, 0.6) is 0 Å². The lowest BCUT2D eigenvalue weighted by Crippen LogP contribution is -2.42. The van der Waals surface area contributed by atoms with Crippen molar-refractivity contribution in [1.29, 1.82) is 0 Å². The summed E-state index contributed by atoms with van der Waals surface area (Å²) in [7, 11) is -3.53. The minimum Gasteiger partial charge on any atom is -0.350 e. The number of benzene rings is 1. The Morgan fingerprint density at radius 2 is 2.11 bits per heavy atom. The van der Waals surface area contributed by atoms with Crippen LogP contribution in [0, 0.1) is 6.92 Å². The predicted molar refractivity (Wildman–Crippen MR) is 103 cm³/mol. The van der Waals surface area contributed by atoms with E-state index in [1.807, 2.05) is 35.8 Å². The van der Waals surface area contributed by atoms with Crippen LogP contribution < -0.4 is 5.32 Å². The first-order chi connectivity index (χ1) is 12.9. The summed E-state index contributed by atoms with van der Waals surface area (Å²) in [6.45, 7) is 3.18. The van der Waals surface area contributed by atoms with Gasteiger partial charge in [-0.3, -0.25) is 4.79 Å². The number of amidine groups is 1. The van der Waals surface area contributed by atoms with E-state index in [0.29, 0.717) is 19.6 Å². The molecule has 4 rings (SSSR count). The third-order valence-corrected chi connectivity index (χ3v) is 5.72. The number of sulfonamides is 1. The van der Waals surface area contributed by atoms with Gasteiger partial charge < -0.3 is 14.8 Å². The number of imidazole rings is 1. The first-order valence-electron chi connectivity index (χ1n) is 8.63. The quantitative estimate of drug-likeness (QED) is 0.846. The van der Waals surface area contributed by atoms with E-state index in [1.54, 1.807) is 23.3 Å². The molecule has 3 heterocycles. The lowest BCUT2D eigenvalue weighted by molar-refractivity contribution is -0.117. The SMILES string of the molecule is Cc1nc2ccccc2n1CCNC(=O)C1=CC=CN2CCS(=O)(=O)N=C12.